The number of rotatable bonds is 1. The Kier molecular flexibility index (Phi) is 2.23. The minimum atomic E-state index is 0.0308. The predicted molar refractivity (Wildman–Crippen MR) is 60.6 cm³/mol. The molecule has 1 aromatic carbocycles. The molecule has 2 rings (SSSR count). The summed E-state index contributed by atoms with van der Waals surface area (Å²) in [7, 11) is 1.60. The second-order valence-corrected chi connectivity index (χ2v) is 3.68. The first kappa shape index (κ1) is 9.77. The first-order valence-corrected chi connectivity index (χ1v) is 4.80. The molecular formula is C12H13NO2. The van der Waals surface area contributed by atoms with Gasteiger partial charge in [0.25, 0.3) is 0 Å². The first-order valence-electron chi connectivity index (χ1n) is 4.80. The molecule has 0 aliphatic rings. The van der Waals surface area contributed by atoms with Crippen LogP contribution >= 0.6 is 0 Å². The van der Waals surface area contributed by atoms with Gasteiger partial charge in [-0.2, -0.15) is 0 Å². The molecule has 3 nitrogen and oxygen atoms in total. The number of aromatic amines is 1. The molecule has 0 bridgehead atoms. The van der Waals surface area contributed by atoms with Crippen LogP contribution in [-0.2, 0) is 0 Å². The monoisotopic (exact) mass is 203 g/mol. The average Bonchev–Trinajstić information content (AvgIpc) is 2.19. The summed E-state index contributed by atoms with van der Waals surface area (Å²) in [5.74, 6) is 0.717. The van der Waals surface area contributed by atoms with Crippen LogP contribution in [0.4, 0.5) is 0 Å². The minimum absolute atomic E-state index is 0.0308. The number of methoxy groups -OCH3 is 1. The van der Waals surface area contributed by atoms with Gasteiger partial charge in [0.1, 0.15) is 5.75 Å². The molecule has 2 aromatic rings. The lowest BCUT2D eigenvalue weighted by atomic mass is 10.1. The van der Waals surface area contributed by atoms with E-state index in [-0.39, 0.29) is 5.43 Å². The molecule has 1 aromatic heterocycles. The summed E-state index contributed by atoms with van der Waals surface area (Å²) in [6, 6.07) is 5.28. The van der Waals surface area contributed by atoms with E-state index in [1.807, 2.05) is 19.9 Å². The second-order valence-electron chi connectivity index (χ2n) is 3.68. The van der Waals surface area contributed by atoms with Crippen molar-refractivity contribution in [3.8, 4) is 5.75 Å². The van der Waals surface area contributed by atoms with Crippen LogP contribution in [0.25, 0.3) is 10.9 Å². The van der Waals surface area contributed by atoms with Crippen molar-refractivity contribution in [2.45, 2.75) is 13.8 Å². The third kappa shape index (κ3) is 1.61. The van der Waals surface area contributed by atoms with E-state index in [9.17, 15) is 4.79 Å². The van der Waals surface area contributed by atoms with Crippen molar-refractivity contribution in [2.24, 2.45) is 0 Å². The predicted octanol–water partition coefficient (Wildman–Crippen LogP) is 2.15. The van der Waals surface area contributed by atoms with Gasteiger partial charge in [0.05, 0.1) is 12.6 Å². The first-order chi connectivity index (χ1) is 7.11. The lowest BCUT2D eigenvalue weighted by Crippen LogP contribution is -2.04. The summed E-state index contributed by atoms with van der Waals surface area (Å²) in [5.41, 5.74) is 2.81. The lowest BCUT2D eigenvalue weighted by molar-refractivity contribution is 0.415. The number of aromatic nitrogens is 1. The van der Waals surface area contributed by atoms with E-state index in [2.05, 4.69) is 4.98 Å². The van der Waals surface area contributed by atoms with E-state index < -0.39 is 0 Å². The van der Waals surface area contributed by atoms with Gasteiger partial charge in [-0.1, -0.05) is 0 Å². The average molecular weight is 203 g/mol. The quantitative estimate of drug-likeness (QED) is 0.771. The Balaban J connectivity index is 2.91. The standard InChI is InChI=1S/C12H13NO2/c1-7-4-9(15-3)6-10-11(14)5-8(2)13-12(7)10/h4-6H,1-3H3,(H,13,14). The van der Waals surface area contributed by atoms with Gasteiger partial charge in [0, 0.05) is 17.1 Å². The Bertz CT molecular complexity index is 570. The van der Waals surface area contributed by atoms with Gasteiger partial charge in [-0.3, -0.25) is 4.79 Å². The molecule has 0 saturated carbocycles. The summed E-state index contributed by atoms with van der Waals surface area (Å²) in [5, 5.41) is 0.678. The number of H-pyrrole nitrogens is 1. The Morgan fingerprint density at radius 1 is 1.20 bits per heavy atom. The van der Waals surface area contributed by atoms with Crippen molar-refractivity contribution in [2.75, 3.05) is 7.11 Å². The number of hydrogen-bond acceptors (Lipinski definition) is 2. The molecule has 0 amide bonds. The summed E-state index contributed by atoms with van der Waals surface area (Å²) < 4.78 is 5.14. The smallest absolute Gasteiger partial charge is 0.189 e. The number of benzene rings is 1. The fraction of sp³-hybridized carbons (Fsp3) is 0.250. The fourth-order valence-electron chi connectivity index (χ4n) is 1.74. The zero-order valence-electron chi connectivity index (χ0n) is 9.05. The Morgan fingerprint density at radius 2 is 1.93 bits per heavy atom. The number of pyridine rings is 1. The molecule has 0 aliphatic carbocycles. The zero-order valence-corrected chi connectivity index (χ0v) is 9.05. The molecule has 78 valence electrons. The molecule has 0 saturated heterocycles. The van der Waals surface area contributed by atoms with Crippen LogP contribution in [-0.4, -0.2) is 12.1 Å². The Morgan fingerprint density at radius 3 is 2.60 bits per heavy atom. The number of hydrogen-bond donors (Lipinski definition) is 1. The molecule has 0 spiro atoms. The number of nitrogens with one attached hydrogen (secondary N) is 1. The van der Waals surface area contributed by atoms with Gasteiger partial charge in [0.2, 0.25) is 0 Å². The molecule has 0 aliphatic heterocycles. The maximum Gasteiger partial charge on any atom is 0.189 e. The highest BCUT2D eigenvalue weighted by molar-refractivity contribution is 5.83. The van der Waals surface area contributed by atoms with Gasteiger partial charge >= 0.3 is 0 Å². The normalized spacial score (nSPS) is 10.6. The van der Waals surface area contributed by atoms with Crippen molar-refractivity contribution in [1.82, 2.24) is 4.98 Å². The van der Waals surface area contributed by atoms with E-state index in [4.69, 9.17) is 4.74 Å². The topological polar surface area (TPSA) is 42.1 Å². The van der Waals surface area contributed by atoms with Crippen molar-refractivity contribution < 1.29 is 4.74 Å². The SMILES string of the molecule is COc1cc(C)c2[nH]c(C)cc(=O)c2c1. The van der Waals surface area contributed by atoms with Gasteiger partial charge in [-0.15, -0.1) is 0 Å². The summed E-state index contributed by atoms with van der Waals surface area (Å²) in [4.78, 5) is 14.9. The van der Waals surface area contributed by atoms with Crippen LogP contribution in [0, 0.1) is 13.8 Å². The van der Waals surface area contributed by atoms with Gasteiger partial charge in [-0.05, 0) is 31.5 Å². The van der Waals surface area contributed by atoms with Gasteiger partial charge < -0.3 is 9.72 Å². The third-order valence-corrected chi connectivity index (χ3v) is 2.48. The molecular weight excluding hydrogens is 190 g/mol. The second kappa shape index (κ2) is 3.42. The molecule has 3 heteroatoms. The van der Waals surface area contributed by atoms with Crippen LogP contribution in [0.3, 0.4) is 0 Å². The zero-order chi connectivity index (χ0) is 11.0. The summed E-state index contributed by atoms with van der Waals surface area (Å²) in [6.07, 6.45) is 0. The summed E-state index contributed by atoms with van der Waals surface area (Å²) >= 11 is 0. The Labute approximate surface area is 87.7 Å². The van der Waals surface area contributed by atoms with E-state index in [0.717, 1.165) is 16.8 Å². The van der Waals surface area contributed by atoms with Crippen LogP contribution in [0.5, 0.6) is 5.75 Å². The van der Waals surface area contributed by atoms with E-state index in [0.29, 0.717) is 11.1 Å². The largest absolute Gasteiger partial charge is 0.497 e. The summed E-state index contributed by atoms with van der Waals surface area (Å²) in [6.45, 7) is 3.84. The van der Waals surface area contributed by atoms with E-state index in [1.165, 1.54) is 0 Å². The molecule has 0 radical (unpaired) electrons. The molecule has 15 heavy (non-hydrogen) atoms. The number of aryl methyl sites for hydroxylation is 2. The lowest BCUT2D eigenvalue weighted by Gasteiger charge is -2.06. The van der Waals surface area contributed by atoms with Crippen LogP contribution in [0.2, 0.25) is 0 Å². The minimum Gasteiger partial charge on any atom is -0.497 e. The Hall–Kier alpha value is -1.77. The highest BCUT2D eigenvalue weighted by Gasteiger charge is 2.05. The molecule has 0 atom stereocenters. The molecule has 1 N–H and O–H groups in total. The molecule has 0 unspecified atom stereocenters. The van der Waals surface area contributed by atoms with Crippen molar-refractivity contribution >= 4 is 10.9 Å². The number of fused-ring (bicyclic) bond motifs is 1. The molecule has 1 heterocycles. The van der Waals surface area contributed by atoms with Crippen molar-refractivity contribution in [3.63, 3.8) is 0 Å². The van der Waals surface area contributed by atoms with E-state index >= 15 is 0 Å². The maximum absolute atomic E-state index is 11.7. The van der Waals surface area contributed by atoms with Crippen LogP contribution in [0.1, 0.15) is 11.3 Å². The van der Waals surface area contributed by atoms with Crippen molar-refractivity contribution in [1.29, 1.82) is 0 Å². The van der Waals surface area contributed by atoms with E-state index in [1.54, 1.807) is 19.2 Å². The van der Waals surface area contributed by atoms with Crippen molar-refractivity contribution in [3.05, 3.63) is 39.7 Å². The fourth-order valence-corrected chi connectivity index (χ4v) is 1.74. The van der Waals surface area contributed by atoms with Gasteiger partial charge in [-0.25, -0.2) is 0 Å². The van der Waals surface area contributed by atoms with Crippen LogP contribution in [0.15, 0.2) is 23.0 Å². The third-order valence-electron chi connectivity index (χ3n) is 2.48. The van der Waals surface area contributed by atoms with Gasteiger partial charge in [0.15, 0.2) is 5.43 Å². The molecule has 0 fully saturated rings. The van der Waals surface area contributed by atoms with Crippen LogP contribution < -0.4 is 10.2 Å². The number of ether oxygens (including phenoxy) is 1. The highest BCUT2D eigenvalue weighted by atomic mass is 16.5. The maximum atomic E-state index is 11.7. The highest BCUT2D eigenvalue weighted by Crippen LogP contribution is 2.21.